The van der Waals surface area contributed by atoms with E-state index in [1.165, 1.54) is 18.2 Å². The van der Waals surface area contributed by atoms with Gasteiger partial charge in [-0.1, -0.05) is 12.1 Å². The first-order valence-corrected chi connectivity index (χ1v) is 7.38. The number of nitro groups is 1. The Labute approximate surface area is 133 Å². The van der Waals surface area contributed by atoms with Gasteiger partial charge in [-0.25, -0.2) is 0 Å². The molecule has 2 rings (SSSR count). The van der Waals surface area contributed by atoms with Crippen molar-refractivity contribution in [2.45, 2.75) is 25.0 Å². The highest BCUT2D eigenvalue weighted by atomic mass is 16.6. The summed E-state index contributed by atoms with van der Waals surface area (Å²) in [5, 5.41) is 13.7. The maximum absolute atomic E-state index is 12.0. The molecule has 1 aliphatic heterocycles. The Hall–Kier alpha value is -2.19. The summed E-state index contributed by atoms with van der Waals surface area (Å²) in [6.45, 7) is 0.702. The molecule has 1 amide bonds. The Kier molecular flexibility index (Phi) is 6.30. The fourth-order valence-electron chi connectivity index (χ4n) is 2.46. The molecular formula is C15H20N2O6. The predicted molar refractivity (Wildman–Crippen MR) is 81.4 cm³/mol. The van der Waals surface area contributed by atoms with Gasteiger partial charge in [-0.2, -0.15) is 0 Å². The number of nitrogens with zero attached hydrogens (tertiary/aromatic N) is 1. The summed E-state index contributed by atoms with van der Waals surface area (Å²) in [4.78, 5) is 22.4. The van der Waals surface area contributed by atoms with Crippen molar-refractivity contribution in [1.82, 2.24) is 5.32 Å². The van der Waals surface area contributed by atoms with Gasteiger partial charge >= 0.3 is 5.69 Å². The monoisotopic (exact) mass is 324 g/mol. The minimum Gasteiger partial charge on any atom is -0.477 e. The van der Waals surface area contributed by atoms with Crippen molar-refractivity contribution >= 4 is 11.6 Å². The molecular weight excluding hydrogens is 304 g/mol. The number of para-hydroxylation sites is 2. The molecule has 126 valence electrons. The molecule has 0 aliphatic carbocycles. The predicted octanol–water partition coefficient (Wildman–Crippen LogP) is 1.28. The van der Waals surface area contributed by atoms with Crippen molar-refractivity contribution in [2.24, 2.45) is 0 Å². The van der Waals surface area contributed by atoms with E-state index in [1.54, 1.807) is 13.2 Å². The Balaban J connectivity index is 1.90. The van der Waals surface area contributed by atoms with Crippen LogP contribution in [0.4, 0.5) is 5.69 Å². The third-order valence-corrected chi connectivity index (χ3v) is 3.53. The third-order valence-electron chi connectivity index (χ3n) is 3.53. The fraction of sp³-hybridized carbons (Fsp3) is 0.533. The van der Waals surface area contributed by atoms with Crippen molar-refractivity contribution in [1.29, 1.82) is 0 Å². The fourth-order valence-corrected chi connectivity index (χ4v) is 2.46. The number of nitro benzene ring substituents is 1. The van der Waals surface area contributed by atoms with Crippen LogP contribution in [0, 0.1) is 10.1 Å². The van der Waals surface area contributed by atoms with Gasteiger partial charge in [0.25, 0.3) is 5.91 Å². The van der Waals surface area contributed by atoms with Gasteiger partial charge in [0.05, 0.1) is 23.7 Å². The van der Waals surface area contributed by atoms with Crippen LogP contribution in [0.2, 0.25) is 0 Å². The van der Waals surface area contributed by atoms with E-state index in [2.05, 4.69) is 5.32 Å². The second-order valence-electron chi connectivity index (χ2n) is 5.19. The number of methoxy groups -OCH3 is 1. The van der Waals surface area contributed by atoms with Crippen LogP contribution >= 0.6 is 0 Å². The number of carbonyl (C=O) groups is 1. The van der Waals surface area contributed by atoms with Crippen molar-refractivity contribution in [3.8, 4) is 5.75 Å². The van der Waals surface area contributed by atoms with Gasteiger partial charge < -0.3 is 19.5 Å². The van der Waals surface area contributed by atoms with E-state index in [0.29, 0.717) is 13.2 Å². The van der Waals surface area contributed by atoms with Gasteiger partial charge in [-0.15, -0.1) is 0 Å². The highest BCUT2D eigenvalue weighted by Gasteiger charge is 2.27. The Morgan fingerprint density at radius 2 is 2.30 bits per heavy atom. The number of nitrogens with one attached hydrogen (secondary N) is 1. The molecule has 0 aromatic heterocycles. The smallest absolute Gasteiger partial charge is 0.310 e. The van der Waals surface area contributed by atoms with Crippen LogP contribution in [-0.4, -0.2) is 49.9 Å². The maximum Gasteiger partial charge on any atom is 0.310 e. The lowest BCUT2D eigenvalue weighted by Crippen LogP contribution is -2.47. The van der Waals surface area contributed by atoms with E-state index in [0.717, 1.165) is 12.8 Å². The summed E-state index contributed by atoms with van der Waals surface area (Å²) < 4.78 is 15.9. The Bertz CT molecular complexity index is 545. The van der Waals surface area contributed by atoms with Crippen molar-refractivity contribution in [3.05, 3.63) is 34.4 Å². The second kappa shape index (κ2) is 8.44. The first-order valence-electron chi connectivity index (χ1n) is 7.38. The molecule has 1 N–H and O–H groups in total. The zero-order chi connectivity index (χ0) is 16.7. The van der Waals surface area contributed by atoms with Gasteiger partial charge in [-0.3, -0.25) is 14.9 Å². The number of benzene rings is 1. The molecule has 0 spiro atoms. The summed E-state index contributed by atoms with van der Waals surface area (Å²) >= 11 is 0. The summed E-state index contributed by atoms with van der Waals surface area (Å²) in [5.41, 5.74) is -0.173. The quantitative estimate of drug-likeness (QED) is 0.571. The molecule has 0 unspecified atom stereocenters. The van der Waals surface area contributed by atoms with Gasteiger partial charge in [-0.05, 0) is 18.9 Å². The van der Waals surface area contributed by atoms with Crippen LogP contribution in [0.15, 0.2) is 24.3 Å². The topological polar surface area (TPSA) is 99.9 Å². The number of hydrogen-bond donors (Lipinski definition) is 1. The molecule has 1 heterocycles. The van der Waals surface area contributed by atoms with E-state index in [9.17, 15) is 14.9 Å². The first kappa shape index (κ1) is 17.2. The van der Waals surface area contributed by atoms with E-state index in [4.69, 9.17) is 14.2 Å². The highest BCUT2D eigenvalue weighted by molar-refractivity contribution is 5.78. The second-order valence-corrected chi connectivity index (χ2v) is 5.19. The highest BCUT2D eigenvalue weighted by Crippen LogP contribution is 2.25. The first-order chi connectivity index (χ1) is 11.1. The number of rotatable bonds is 8. The molecule has 2 atom stereocenters. The molecule has 1 aromatic carbocycles. The third kappa shape index (κ3) is 4.90. The molecule has 1 fully saturated rings. The average Bonchev–Trinajstić information content (AvgIpc) is 3.07. The summed E-state index contributed by atoms with van der Waals surface area (Å²) in [6.07, 6.45) is 1.73. The van der Waals surface area contributed by atoms with Crippen molar-refractivity contribution < 1.29 is 23.9 Å². The lowest BCUT2D eigenvalue weighted by Gasteiger charge is -2.23. The summed E-state index contributed by atoms with van der Waals surface area (Å²) in [7, 11) is 1.55. The molecule has 1 aliphatic rings. The molecule has 0 bridgehead atoms. The lowest BCUT2D eigenvalue weighted by atomic mass is 10.1. The molecule has 1 aromatic rings. The Morgan fingerprint density at radius 1 is 1.52 bits per heavy atom. The number of amides is 1. The summed E-state index contributed by atoms with van der Waals surface area (Å²) in [6, 6.07) is 5.67. The largest absolute Gasteiger partial charge is 0.477 e. The number of hydrogen-bond acceptors (Lipinski definition) is 6. The van der Waals surface area contributed by atoms with Gasteiger partial charge in [0.2, 0.25) is 0 Å². The molecule has 8 heteroatoms. The van der Waals surface area contributed by atoms with Crippen LogP contribution < -0.4 is 10.1 Å². The van der Waals surface area contributed by atoms with Crippen LogP contribution in [0.5, 0.6) is 5.75 Å². The zero-order valence-electron chi connectivity index (χ0n) is 12.9. The standard InChI is InChI=1S/C15H20N2O6/c1-21-9-11(13-7-4-8-22-13)16-15(18)10-23-14-6-3-2-5-12(14)17(19)20/h2-3,5-6,11,13H,4,7-10H2,1H3,(H,16,18)/t11-,13-/m0/s1. The van der Waals surface area contributed by atoms with Gasteiger partial charge in [0.1, 0.15) is 0 Å². The van der Waals surface area contributed by atoms with Gasteiger partial charge in [0.15, 0.2) is 12.4 Å². The van der Waals surface area contributed by atoms with E-state index >= 15 is 0 Å². The van der Waals surface area contributed by atoms with Crippen molar-refractivity contribution in [3.63, 3.8) is 0 Å². The Morgan fingerprint density at radius 3 is 2.96 bits per heavy atom. The van der Waals surface area contributed by atoms with Crippen molar-refractivity contribution in [2.75, 3.05) is 26.9 Å². The number of carbonyl (C=O) groups excluding carboxylic acids is 1. The molecule has 0 saturated carbocycles. The van der Waals surface area contributed by atoms with E-state index in [1.807, 2.05) is 0 Å². The SMILES string of the molecule is COC[C@H](NC(=O)COc1ccccc1[N+](=O)[O-])[C@@H]1CCCO1. The summed E-state index contributed by atoms with van der Waals surface area (Å²) in [5.74, 6) is -0.311. The molecule has 0 radical (unpaired) electrons. The number of ether oxygens (including phenoxy) is 3. The van der Waals surface area contributed by atoms with E-state index < -0.39 is 4.92 Å². The molecule has 8 nitrogen and oxygen atoms in total. The maximum atomic E-state index is 12.0. The average molecular weight is 324 g/mol. The van der Waals surface area contributed by atoms with Crippen LogP contribution in [-0.2, 0) is 14.3 Å². The molecule has 23 heavy (non-hydrogen) atoms. The lowest BCUT2D eigenvalue weighted by molar-refractivity contribution is -0.385. The van der Waals surface area contributed by atoms with Crippen LogP contribution in [0.25, 0.3) is 0 Å². The normalized spacial score (nSPS) is 18.4. The van der Waals surface area contributed by atoms with Gasteiger partial charge in [0, 0.05) is 19.8 Å². The van der Waals surface area contributed by atoms with Crippen LogP contribution in [0.3, 0.4) is 0 Å². The minimum absolute atomic E-state index is 0.0630. The minimum atomic E-state index is -0.548. The van der Waals surface area contributed by atoms with E-state index in [-0.39, 0.29) is 36.1 Å². The molecule has 1 saturated heterocycles. The van der Waals surface area contributed by atoms with Crippen LogP contribution in [0.1, 0.15) is 12.8 Å². The zero-order valence-corrected chi connectivity index (χ0v) is 12.9.